The van der Waals surface area contributed by atoms with Gasteiger partial charge in [-0.05, 0) is 61.4 Å². The van der Waals surface area contributed by atoms with E-state index in [4.69, 9.17) is 27.5 Å². The number of benzene rings is 2. The Bertz CT molecular complexity index is 1220. The quantitative estimate of drug-likeness (QED) is 0.234. The topological polar surface area (TPSA) is 158 Å². The molecule has 222 valence electrons. The zero-order valence-corrected chi connectivity index (χ0v) is 24.6. The Balaban J connectivity index is 1.92. The van der Waals surface area contributed by atoms with Gasteiger partial charge < -0.3 is 26.4 Å². The maximum Gasteiger partial charge on any atom is 0.243 e. The fourth-order valence-corrected chi connectivity index (χ4v) is 4.89. The Labute approximate surface area is 246 Å². The third-order valence-electron chi connectivity index (χ3n) is 6.82. The Kier molecular flexibility index (Phi) is 12.0. The van der Waals surface area contributed by atoms with E-state index >= 15 is 0 Å². The molecule has 10 nitrogen and oxygen atoms in total. The number of aryl methyl sites for hydroxylation is 1. The van der Waals surface area contributed by atoms with E-state index in [-0.39, 0.29) is 30.1 Å². The standard InChI is InChI=1S/C30H41ClN6O4/c1-18(2)27-30(40)36-24(16-26(32)33)28(38)34-13-7-10-21-9-4-5-12-25(21)41-17-19(3)35-23(29(39)37-27)15-20-8-6-11-22(31)14-20/h4-6,8-9,11-12,14,18-19,23-24,27,35H,7,10,13,15-17H2,1-3H3,(H3,32,33)(H,34,38)(H,36,40)(H,37,39)/t19-,23-,24+,27-/m1/s1. The Morgan fingerprint density at radius 3 is 2.51 bits per heavy atom. The SMILES string of the molecule is CC(C)[C@H]1NC(=O)[C@@H](Cc2cccc(Cl)c2)N[C@H](C)COc2ccccc2CCCNC(=O)[C@H](CC(=N)N)NC1=O. The van der Waals surface area contributed by atoms with E-state index in [2.05, 4.69) is 21.3 Å². The zero-order valence-electron chi connectivity index (χ0n) is 23.8. The van der Waals surface area contributed by atoms with Crippen LogP contribution in [-0.2, 0) is 27.2 Å². The second kappa shape index (κ2) is 15.4. The molecule has 41 heavy (non-hydrogen) atoms. The maximum atomic E-state index is 13.7. The average Bonchev–Trinajstić information content (AvgIpc) is 2.91. The monoisotopic (exact) mass is 584 g/mol. The van der Waals surface area contributed by atoms with E-state index < -0.39 is 29.9 Å². The van der Waals surface area contributed by atoms with Crippen LogP contribution < -0.4 is 31.7 Å². The second-order valence-corrected chi connectivity index (χ2v) is 11.2. The van der Waals surface area contributed by atoms with Crippen molar-refractivity contribution in [1.82, 2.24) is 21.3 Å². The minimum absolute atomic E-state index is 0.149. The van der Waals surface area contributed by atoms with Crippen molar-refractivity contribution < 1.29 is 19.1 Å². The summed E-state index contributed by atoms with van der Waals surface area (Å²) in [7, 11) is 0. The van der Waals surface area contributed by atoms with Crippen molar-refractivity contribution in [2.24, 2.45) is 11.7 Å². The van der Waals surface area contributed by atoms with Crippen LogP contribution in [0.2, 0.25) is 5.02 Å². The van der Waals surface area contributed by atoms with Gasteiger partial charge in [-0.1, -0.05) is 55.8 Å². The fraction of sp³-hybridized carbons (Fsp3) is 0.467. The van der Waals surface area contributed by atoms with Gasteiger partial charge in [0.1, 0.15) is 24.4 Å². The van der Waals surface area contributed by atoms with Crippen molar-refractivity contribution in [1.29, 1.82) is 5.41 Å². The molecule has 0 saturated carbocycles. The van der Waals surface area contributed by atoms with Crippen molar-refractivity contribution in [2.75, 3.05) is 13.2 Å². The molecular weight excluding hydrogens is 544 g/mol. The van der Waals surface area contributed by atoms with Gasteiger partial charge in [0.25, 0.3) is 0 Å². The Morgan fingerprint density at radius 2 is 1.80 bits per heavy atom. The number of carbonyl (C=O) groups is 3. The minimum atomic E-state index is -1.05. The van der Waals surface area contributed by atoms with Crippen LogP contribution in [0.4, 0.5) is 0 Å². The number of hydrogen-bond acceptors (Lipinski definition) is 6. The number of nitrogens with one attached hydrogen (secondary N) is 5. The van der Waals surface area contributed by atoms with Gasteiger partial charge in [-0.25, -0.2) is 0 Å². The number of ether oxygens (including phenoxy) is 1. The lowest BCUT2D eigenvalue weighted by molar-refractivity contribution is -0.133. The van der Waals surface area contributed by atoms with Gasteiger partial charge in [0.2, 0.25) is 17.7 Å². The van der Waals surface area contributed by atoms with Gasteiger partial charge in [-0.15, -0.1) is 0 Å². The lowest BCUT2D eigenvalue weighted by Crippen LogP contribution is -2.59. The molecule has 0 radical (unpaired) electrons. The van der Waals surface area contributed by atoms with E-state index in [1.54, 1.807) is 12.1 Å². The lowest BCUT2D eigenvalue weighted by atomic mass is 10.00. The van der Waals surface area contributed by atoms with Crippen LogP contribution in [0.3, 0.4) is 0 Å². The van der Waals surface area contributed by atoms with E-state index in [1.165, 1.54) is 0 Å². The number of nitrogens with two attached hydrogens (primary N) is 1. The molecule has 1 aliphatic heterocycles. The normalized spacial score (nSPS) is 23.2. The molecule has 4 atom stereocenters. The van der Waals surface area contributed by atoms with E-state index in [0.29, 0.717) is 37.4 Å². The van der Waals surface area contributed by atoms with Crippen LogP contribution in [0, 0.1) is 11.3 Å². The molecule has 1 aliphatic rings. The van der Waals surface area contributed by atoms with Crippen LogP contribution in [0.25, 0.3) is 0 Å². The summed E-state index contributed by atoms with van der Waals surface area (Å²) in [4.78, 5) is 40.0. The number of fused-ring (bicyclic) bond motifs is 1. The number of carbonyl (C=O) groups excluding carboxylic acids is 3. The molecular formula is C30H41ClN6O4. The number of hydrogen-bond donors (Lipinski definition) is 6. The Morgan fingerprint density at radius 1 is 1.05 bits per heavy atom. The van der Waals surface area contributed by atoms with Gasteiger partial charge in [0.05, 0.1) is 11.9 Å². The van der Waals surface area contributed by atoms with Crippen molar-refractivity contribution >= 4 is 35.2 Å². The largest absolute Gasteiger partial charge is 0.492 e. The molecule has 0 saturated heterocycles. The highest BCUT2D eigenvalue weighted by atomic mass is 35.5. The molecule has 0 fully saturated rings. The van der Waals surface area contributed by atoms with Crippen LogP contribution in [0.5, 0.6) is 5.75 Å². The van der Waals surface area contributed by atoms with Crippen molar-refractivity contribution in [2.45, 2.75) is 70.6 Å². The molecule has 11 heteroatoms. The summed E-state index contributed by atoms with van der Waals surface area (Å²) in [6, 6.07) is 12.1. The summed E-state index contributed by atoms with van der Waals surface area (Å²) >= 11 is 6.20. The molecule has 3 rings (SSSR count). The number of amides is 3. The third kappa shape index (κ3) is 10.1. The van der Waals surface area contributed by atoms with Crippen LogP contribution in [0.1, 0.15) is 44.7 Å². The second-order valence-electron chi connectivity index (χ2n) is 10.8. The van der Waals surface area contributed by atoms with E-state index in [1.807, 2.05) is 57.2 Å². The summed E-state index contributed by atoms with van der Waals surface area (Å²) in [5.74, 6) is -1.12. The van der Waals surface area contributed by atoms with Crippen LogP contribution >= 0.6 is 11.6 Å². The summed E-state index contributed by atoms with van der Waals surface area (Å²) in [5.41, 5.74) is 7.45. The summed E-state index contributed by atoms with van der Waals surface area (Å²) in [5, 5.41) is 20.1. The smallest absolute Gasteiger partial charge is 0.243 e. The molecule has 7 N–H and O–H groups in total. The third-order valence-corrected chi connectivity index (χ3v) is 7.05. The Hall–Kier alpha value is -3.63. The summed E-state index contributed by atoms with van der Waals surface area (Å²) in [6.07, 6.45) is 1.49. The first kappa shape index (κ1) is 31.9. The highest BCUT2D eigenvalue weighted by Crippen LogP contribution is 2.20. The molecule has 0 aromatic heterocycles. The van der Waals surface area contributed by atoms with Crippen molar-refractivity contribution in [3.63, 3.8) is 0 Å². The van der Waals surface area contributed by atoms with Gasteiger partial charge >= 0.3 is 0 Å². The number of rotatable bonds is 5. The van der Waals surface area contributed by atoms with Gasteiger partial charge in [-0.3, -0.25) is 25.1 Å². The molecule has 2 aromatic rings. The number of para-hydroxylation sites is 1. The van der Waals surface area contributed by atoms with Gasteiger partial charge in [0.15, 0.2) is 0 Å². The lowest BCUT2D eigenvalue weighted by Gasteiger charge is -2.29. The first-order valence-electron chi connectivity index (χ1n) is 14.0. The van der Waals surface area contributed by atoms with Gasteiger partial charge in [-0.2, -0.15) is 0 Å². The van der Waals surface area contributed by atoms with Gasteiger partial charge in [0, 0.05) is 24.0 Å². The summed E-state index contributed by atoms with van der Waals surface area (Å²) in [6.45, 7) is 6.24. The fourth-order valence-electron chi connectivity index (χ4n) is 4.68. The molecule has 0 spiro atoms. The highest BCUT2D eigenvalue weighted by Gasteiger charge is 2.32. The summed E-state index contributed by atoms with van der Waals surface area (Å²) < 4.78 is 6.15. The molecule has 0 aliphatic carbocycles. The van der Waals surface area contributed by atoms with Crippen LogP contribution in [0.15, 0.2) is 48.5 Å². The molecule has 0 unspecified atom stereocenters. The first-order chi connectivity index (χ1) is 19.5. The molecule has 3 amide bonds. The van der Waals surface area contributed by atoms with Crippen LogP contribution in [-0.4, -0.2) is 60.9 Å². The van der Waals surface area contributed by atoms with E-state index in [0.717, 1.165) is 16.9 Å². The van der Waals surface area contributed by atoms with Crippen molar-refractivity contribution in [3.05, 3.63) is 64.7 Å². The predicted molar refractivity (Wildman–Crippen MR) is 160 cm³/mol. The molecule has 0 bridgehead atoms. The van der Waals surface area contributed by atoms with E-state index in [9.17, 15) is 14.4 Å². The molecule has 1 heterocycles. The highest BCUT2D eigenvalue weighted by molar-refractivity contribution is 6.30. The average molecular weight is 585 g/mol. The first-order valence-corrected chi connectivity index (χ1v) is 14.3. The zero-order chi connectivity index (χ0) is 29.9. The van der Waals surface area contributed by atoms with Crippen molar-refractivity contribution in [3.8, 4) is 5.75 Å². The number of amidine groups is 1. The number of halogens is 1. The maximum absolute atomic E-state index is 13.7. The molecule has 2 aromatic carbocycles. The predicted octanol–water partition coefficient (Wildman–Crippen LogP) is 2.32. The minimum Gasteiger partial charge on any atom is -0.492 e.